The average molecular weight is 592 g/mol. The predicted octanol–water partition coefficient (Wildman–Crippen LogP) is 3.56. The van der Waals surface area contributed by atoms with E-state index in [0.29, 0.717) is 18.6 Å². The lowest BCUT2D eigenvalue weighted by Gasteiger charge is -2.35. The molecule has 3 aromatic rings. The minimum absolute atomic E-state index is 0.287. The third kappa shape index (κ3) is 7.56. The molecule has 1 fully saturated rings. The maximum atomic E-state index is 13.6. The fraction of sp³-hybridized carbons (Fsp3) is 0.312. The summed E-state index contributed by atoms with van der Waals surface area (Å²) < 4.78 is 16.0. The van der Waals surface area contributed by atoms with Gasteiger partial charge < -0.3 is 34.4 Å². The number of aryl methyl sites for hydroxylation is 1. The van der Waals surface area contributed by atoms with Crippen LogP contribution in [0, 0.1) is 0 Å². The van der Waals surface area contributed by atoms with Crippen LogP contribution in [0.4, 0.5) is 0 Å². The Hall–Kier alpha value is -4.74. The van der Waals surface area contributed by atoms with Crippen molar-refractivity contribution in [2.45, 2.75) is 50.2 Å². The first kappa shape index (κ1) is 31.2. The van der Waals surface area contributed by atoms with E-state index in [4.69, 9.17) is 14.2 Å². The van der Waals surface area contributed by atoms with Gasteiger partial charge in [0.2, 0.25) is 0 Å². The van der Waals surface area contributed by atoms with Crippen LogP contribution in [-0.4, -0.2) is 75.1 Å². The van der Waals surface area contributed by atoms with Gasteiger partial charge in [-0.1, -0.05) is 72.8 Å². The van der Waals surface area contributed by atoms with Crippen molar-refractivity contribution in [1.29, 1.82) is 0 Å². The van der Waals surface area contributed by atoms with Crippen LogP contribution in [0.2, 0.25) is 0 Å². The third-order valence-corrected chi connectivity index (χ3v) is 7.36. The average Bonchev–Trinajstić information content (AvgIpc) is 3.47. The van der Waals surface area contributed by atoms with Crippen LogP contribution in [0.25, 0.3) is 0 Å². The molecule has 1 amide bonds. The van der Waals surface area contributed by atoms with Crippen molar-refractivity contribution in [1.82, 2.24) is 4.90 Å². The second kappa shape index (κ2) is 14.0. The number of carbonyl (C=O) groups excluding carboxylic acids is 1. The van der Waals surface area contributed by atoms with Crippen molar-refractivity contribution < 1.29 is 48.7 Å². The summed E-state index contributed by atoms with van der Waals surface area (Å²) in [6, 6.07) is 26.0. The molecule has 3 aromatic carbocycles. The molecule has 1 heterocycles. The Morgan fingerprint density at radius 2 is 1.53 bits per heavy atom. The number of hydrogen-bond donors (Lipinski definition) is 3. The van der Waals surface area contributed by atoms with Crippen molar-refractivity contribution in [3.05, 3.63) is 102 Å². The van der Waals surface area contributed by atoms with E-state index in [-0.39, 0.29) is 12.5 Å². The van der Waals surface area contributed by atoms with Crippen molar-refractivity contribution in [3.8, 4) is 5.75 Å². The molecule has 3 atom stereocenters. The van der Waals surface area contributed by atoms with Crippen LogP contribution in [0.15, 0.2) is 84.9 Å². The molecule has 11 nitrogen and oxygen atoms in total. The van der Waals surface area contributed by atoms with E-state index in [1.807, 2.05) is 84.9 Å². The van der Waals surface area contributed by atoms with Crippen LogP contribution in [0.5, 0.6) is 5.75 Å². The highest BCUT2D eigenvalue weighted by Crippen LogP contribution is 2.32. The van der Waals surface area contributed by atoms with Crippen LogP contribution >= 0.6 is 0 Å². The van der Waals surface area contributed by atoms with Gasteiger partial charge in [0.25, 0.3) is 5.91 Å². The number of hydrogen-bond acceptors (Lipinski definition) is 7. The van der Waals surface area contributed by atoms with Crippen LogP contribution in [-0.2, 0) is 41.7 Å². The van der Waals surface area contributed by atoms with E-state index < -0.39 is 54.9 Å². The molecule has 3 unspecified atom stereocenters. The smallest absolute Gasteiger partial charge is 0.377 e. The number of amides is 1. The number of para-hydroxylation sites is 1. The van der Waals surface area contributed by atoms with Gasteiger partial charge in [0, 0.05) is 12.0 Å². The van der Waals surface area contributed by atoms with Gasteiger partial charge in [-0.05, 0) is 48.6 Å². The zero-order valence-electron chi connectivity index (χ0n) is 23.5. The lowest BCUT2D eigenvalue weighted by Crippen LogP contribution is -2.52. The molecule has 226 valence electrons. The predicted molar refractivity (Wildman–Crippen MR) is 152 cm³/mol. The van der Waals surface area contributed by atoms with Gasteiger partial charge in [0.1, 0.15) is 18.9 Å². The monoisotopic (exact) mass is 591 g/mol. The van der Waals surface area contributed by atoms with Crippen molar-refractivity contribution in [2.24, 2.45) is 0 Å². The number of rotatable bonds is 14. The first-order chi connectivity index (χ1) is 20.6. The minimum Gasteiger partial charge on any atom is -0.489 e. The summed E-state index contributed by atoms with van der Waals surface area (Å²) in [4.78, 5) is 49.9. The standard InChI is InChI=1S/C32H33NO10/c1-21(33(18-28(34)35)29(36)27-20-42-32(43-27,30(37)38)31(39)40)26(16-15-22-9-4-2-5-10-22)24-12-8-11-23(17-24)19-41-25-13-6-3-7-14-25/h2-14,17,21,26-27H,15-16,18-20H2,1H3,(H,34,35)(H,37,38)(H,39,40). The molecule has 0 bridgehead atoms. The van der Waals surface area contributed by atoms with Crippen LogP contribution in [0.3, 0.4) is 0 Å². The molecule has 0 aliphatic carbocycles. The molecule has 1 saturated heterocycles. The lowest BCUT2D eigenvalue weighted by atomic mass is 9.85. The highest BCUT2D eigenvalue weighted by atomic mass is 16.8. The molecule has 3 N–H and O–H groups in total. The Labute approximate surface area is 248 Å². The Kier molecular flexibility index (Phi) is 10.1. The van der Waals surface area contributed by atoms with Gasteiger partial charge in [-0.3, -0.25) is 9.59 Å². The van der Waals surface area contributed by atoms with Crippen LogP contribution < -0.4 is 4.74 Å². The fourth-order valence-corrected chi connectivity index (χ4v) is 5.12. The molecular formula is C32H33NO10. The Balaban J connectivity index is 1.62. The number of carbonyl (C=O) groups is 4. The molecule has 1 aliphatic rings. The summed E-state index contributed by atoms with van der Waals surface area (Å²) in [5, 5.41) is 28.6. The zero-order valence-corrected chi connectivity index (χ0v) is 23.5. The van der Waals surface area contributed by atoms with Gasteiger partial charge in [-0.25, -0.2) is 9.59 Å². The van der Waals surface area contributed by atoms with Crippen molar-refractivity contribution in [3.63, 3.8) is 0 Å². The van der Waals surface area contributed by atoms with Crippen molar-refractivity contribution in [2.75, 3.05) is 13.2 Å². The lowest BCUT2D eigenvalue weighted by molar-refractivity contribution is -0.218. The van der Waals surface area contributed by atoms with Gasteiger partial charge in [-0.2, -0.15) is 0 Å². The topological polar surface area (TPSA) is 160 Å². The van der Waals surface area contributed by atoms with E-state index in [9.17, 15) is 34.5 Å². The normalized spacial score (nSPS) is 17.0. The number of carboxylic acids is 3. The summed E-state index contributed by atoms with van der Waals surface area (Å²) in [6.45, 7) is 0.614. The van der Waals surface area contributed by atoms with E-state index in [1.165, 1.54) is 0 Å². The highest BCUT2D eigenvalue weighted by Gasteiger charge is 2.58. The Morgan fingerprint density at radius 3 is 2.14 bits per heavy atom. The number of aliphatic carboxylic acids is 3. The van der Waals surface area contributed by atoms with Gasteiger partial charge in [0.05, 0.1) is 6.61 Å². The molecular weight excluding hydrogens is 558 g/mol. The van der Waals surface area contributed by atoms with E-state index in [1.54, 1.807) is 6.92 Å². The van der Waals surface area contributed by atoms with E-state index >= 15 is 0 Å². The summed E-state index contributed by atoms with van der Waals surface area (Å²) in [6.07, 6.45) is -0.470. The number of benzene rings is 3. The van der Waals surface area contributed by atoms with Gasteiger partial charge in [0.15, 0.2) is 6.10 Å². The molecule has 43 heavy (non-hydrogen) atoms. The minimum atomic E-state index is -3.06. The van der Waals surface area contributed by atoms with Crippen molar-refractivity contribution >= 4 is 23.8 Å². The summed E-state index contributed by atoms with van der Waals surface area (Å²) in [5.74, 6) is -8.75. The quantitative estimate of drug-likeness (QED) is 0.237. The number of ether oxygens (including phenoxy) is 3. The van der Waals surface area contributed by atoms with E-state index in [2.05, 4.69) is 0 Å². The SMILES string of the molecule is CC(C(CCc1ccccc1)c1cccc(COc2ccccc2)c1)N(CC(=O)O)C(=O)C1COC(C(=O)O)(C(=O)O)O1. The third-order valence-electron chi connectivity index (χ3n) is 7.36. The second-order valence-corrected chi connectivity index (χ2v) is 10.2. The second-order valence-electron chi connectivity index (χ2n) is 10.2. The highest BCUT2D eigenvalue weighted by molar-refractivity contribution is 6.01. The molecule has 0 spiro atoms. The summed E-state index contributed by atoms with van der Waals surface area (Å²) >= 11 is 0. The largest absolute Gasteiger partial charge is 0.489 e. The molecule has 0 aromatic heterocycles. The number of carboxylic acid groups (broad SMARTS) is 3. The Morgan fingerprint density at radius 1 is 0.907 bits per heavy atom. The summed E-state index contributed by atoms with van der Waals surface area (Å²) in [7, 11) is 0. The fourth-order valence-electron chi connectivity index (χ4n) is 5.12. The van der Waals surface area contributed by atoms with Gasteiger partial charge >= 0.3 is 23.7 Å². The Bertz CT molecular complexity index is 1410. The summed E-state index contributed by atoms with van der Waals surface area (Å²) in [5.41, 5.74) is 2.77. The van der Waals surface area contributed by atoms with Gasteiger partial charge in [-0.15, -0.1) is 0 Å². The van der Waals surface area contributed by atoms with E-state index in [0.717, 1.165) is 21.6 Å². The molecule has 11 heteroatoms. The first-order valence-electron chi connectivity index (χ1n) is 13.7. The first-order valence-corrected chi connectivity index (χ1v) is 13.7. The molecule has 4 rings (SSSR count). The van der Waals surface area contributed by atoms with Crippen LogP contribution in [0.1, 0.15) is 36.0 Å². The molecule has 1 aliphatic heterocycles. The maximum Gasteiger partial charge on any atom is 0.377 e. The zero-order chi connectivity index (χ0) is 31.0. The molecule has 0 radical (unpaired) electrons. The maximum absolute atomic E-state index is 13.6. The molecule has 0 saturated carbocycles. The number of nitrogens with zero attached hydrogens (tertiary/aromatic N) is 1.